The number of aliphatic imine (C=N–C) groups is 1. The summed E-state index contributed by atoms with van der Waals surface area (Å²) >= 11 is 18.1. The van der Waals surface area contributed by atoms with E-state index >= 15 is 0 Å². The summed E-state index contributed by atoms with van der Waals surface area (Å²) in [6.07, 6.45) is 8.00. The summed E-state index contributed by atoms with van der Waals surface area (Å²) in [5.74, 6) is -1.81. The lowest BCUT2D eigenvalue weighted by atomic mass is 9.69. The molecule has 2 unspecified atom stereocenters. The van der Waals surface area contributed by atoms with Crippen LogP contribution in [0.4, 0.5) is 14.5 Å². The molecule has 2 aliphatic rings. The fourth-order valence-corrected chi connectivity index (χ4v) is 6.41. The van der Waals surface area contributed by atoms with Crippen molar-refractivity contribution in [3.63, 3.8) is 0 Å². The van der Waals surface area contributed by atoms with Crippen LogP contribution >= 0.6 is 34.8 Å². The van der Waals surface area contributed by atoms with Gasteiger partial charge in [-0.3, -0.25) is 10.1 Å². The van der Waals surface area contributed by atoms with Gasteiger partial charge in [0.1, 0.15) is 17.8 Å². The highest BCUT2D eigenvalue weighted by molar-refractivity contribution is 6.31. The van der Waals surface area contributed by atoms with Crippen molar-refractivity contribution in [2.75, 3.05) is 5.32 Å². The van der Waals surface area contributed by atoms with E-state index in [1.54, 1.807) is 0 Å². The van der Waals surface area contributed by atoms with Gasteiger partial charge < -0.3 is 5.32 Å². The zero-order chi connectivity index (χ0) is 29.7. The third kappa shape index (κ3) is 7.24. The molecular weight excluding hydrogens is 603 g/mol. The number of halogens is 5. The van der Waals surface area contributed by atoms with Gasteiger partial charge in [-0.15, -0.1) is 0 Å². The number of anilines is 1. The SMILES string of the molecule is O=C(NC(=NC1NNC(c2ccc(Cl)cc2)C12CCCCCCCC2)Nc1cc(F)cc(Cl)c1)c1ccc(Cl)c(F)c1. The Hall–Kier alpha value is -2.75. The van der Waals surface area contributed by atoms with Gasteiger partial charge in [0.2, 0.25) is 5.96 Å². The van der Waals surface area contributed by atoms with Crippen molar-refractivity contribution in [1.29, 1.82) is 0 Å². The van der Waals surface area contributed by atoms with E-state index in [1.165, 1.54) is 43.2 Å². The molecule has 4 N–H and O–H groups in total. The Bertz CT molecular complexity index is 1420. The molecule has 2 fully saturated rings. The molecule has 3 aromatic rings. The van der Waals surface area contributed by atoms with Crippen molar-refractivity contribution in [3.8, 4) is 0 Å². The topological polar surface area (TPSA) is 77.5 Å². The van der Waals surface area contributed by atoms with E-state index in [9.17, 15) is 13.6 Å². The molecule has 11 heteroatoms. The van der Waals surface area contributed by atoms with Gasteiger partial charge in [-0.25, -0.2) is 24.6 Å². The van der Waals surface area contributed by atoms with E-state index in [2.05, 4.69) is 21.5 Å². The number of nitrogens with zero attached hydrogens (tertiary/aromatic N) is 1. The predicted octanol–water partition coefficient (Wildman–Crippen LogP) is 8.42. The molecule has 0 aromatic heterocycles. The van der Waals surface area contributed by atoms with Crippen LogP contribution in [0.3, 0.4) is 0 Å². The van der Waals surface area contributed by atoms with Crippen LogP contribution in [0.15, 0.2) is 65.7 Å². The van der Waals surface area contributed by atoms with Crippen LogP contribution < -0.4 is 21.5 Å². The van der Waals surface area contributed by atoms with E-state index in [0.29, 0.717) is 10.7 Å². The van der Waals surface area contributed by atoms with E-state index < -0.39 is 23.7 Å². The number of nitrogens with one attached hydrogen (secondary N) is 4. The molecule has 1 amide bonds. The number of hydrogen-bond donors (Lipinski definition) is 4. The lowest BCUT2D eigenvalue weighted by Crippen LogP contribution is -2.43. The molecule has 1 aliphatic carbocycles. The van der Waals surface area contributed by atoms with Crippen molar-refractivity contribution < 1.29 is 13.6 Å². The molecule has 42 heavy (non-hydrogen) atoms. The van der Waals surface area contributed by atoms with E-state index in [1.807, 2.05) is 24.3 Å². The smallest absolute Gasteiger partial charge is 0.258 e. The first-order valence-electron chi connectivity index (χ1n) is 14.1. The third-order valence-electron chi connectivity index (χ3n) is 8.02. The molecule has 1 heterocycles. The number of benzene rings is 3. The van der Waals surface area contributed by atoms with Gasteiger partial charge in [-0.2, -0.15) is 0 Å². The second-order valence-electron chi connectivity index (χ2n) is 10.9. The van der Waals surface area contributed by atoms with Gasteiger partial charge in [-0.1, -0.05) is 85.5 Å². The molecule has 1 aliphatic heterocycles. The summed E-state index contributed by atoms with van der Waals surface area (Å²) in [5.41, 5.74) is 7.93. The second-order valence-corrected chi connectivity index (χ2v) is 12.2. The first-order valence-corrected chi connectivity index (χ1v) is 15.2. The Balaban J connectivity index is 1.54. The minimum absolute atomic E-state index is 0.0531. The number of guanidine groups is 1. The van der Waals surface area contributed by atoms with Gasteiger partial charge in [0.25, 0.3) is 5.91 Å². The average molecular weight is 635 g/mol. The number of carbonyl (C=O) groups is 1. The molecule has 6 nitrogen and oxygen atoms in total. The number of rotatable bonds is 4. The van der Waals surface area contributed by atoms with Crippen LogP contribution in [0, 0.1) is 17.0 Å². The second kappa shape index (κ2) is 13.7. The highest BCUT2D eigenvalue weighted by Crippen LogP contribution is 2.50. The summed E-state index contributed by atoms with van der Waals surface area (Å²) in [6, 6.07) is 15.5. The average Bonchev–Trinajstić information content (AvgIpc) is 3.34. The van der Waals surface area contributed by atoms with Gasteiger partial charge in [-0.05, 0) is 66.9 Å². The number of carbonyl (C=O) groups excluding carboxylic acids is 1. The van der Waals surface area contributed by atoms with E-state index in [0.717, 1.165) is 50.2 Å². The summed E-state index contributed by atoms with van der Waals surface area (Å²) in [6.45, 7) is 0. The monoisotopic (exact) mass is 633 g/mol. The number of hydrazine groups is 1. The van der Waals surface area contributed by atoms with Crippen LogP contribution in [-0.4, -0.2) is 18.0 Å². The first-order chi connectivity index (χ1) is 20.2. The molecule has 1 saturated heterocycles. The predicted molar refractivity (Wildman–Crippen MR) is 165 cm³/mol. The molecule has 0 radical (unpaired) electrons. The number of hydrogen-bond acceptors (Lipinski definition) is 4. The third-order valence-corrected chi connectivity index (χ3v) is 8.80. The maximum atomic E-state index is 14.2. The fourth-order valence-electron chi connectivity index (χ4n) is 5.95. The summed E-state index contributed by atoms with van der Waals surface area (Å²) in [7, 11) is 0. The number of amides is 1. The van der Waals surface area contributed by atoms with E-state index in [4.69, 9.17) is 39.8 Å². The molecule has 3 aromatic carbocycles. The minimum atomic E-state index is -0.718. The lowest BCUT2D eigenvalue weighted by Gasteiger charge is -2.38. The molecule has 1 spiro atoms. The lowest BCUT2D eigenvalue weighted by molar-refractivity contribution is 0.0975. The van der Waals surface area contributed by atoms with Crippen molar-refractivity contribution >= 4 is 52.4 Å². The highest BCUT2D eigenvalue weighted by atomic mass is 35.5. The Morgan fingerprint density at radius 2 is 1.52 bits per heavy atom. The maximum Gasteiger partial charge on any atom is 0.258 e. The van der Waals surface area contributed by atoms with Gasteiger partial charge in [0.05, 0.1) is 11.1 Å². The van der Waals surface area contributed by atoms with Crippen molar-refractivity contribution in [1.82, 2.24) is 16.2 Å². The van der Waals surface area contributed by atoms with Crippen LogP contribution in [0.5, 0.6) is 0 Å². The Morgan fingerprint density at radius 3 is 2.19 bits per heavy atom. The fraction of sp³-hybridized carbons (Fsp3) is 0.355. The van der Waals surface area contributed by atoms with E-state index in [-0.39, 0.29) is 33.0 Å². The maximum absolute atomic E-state index is 14.2. The zero-order valence-corrected chi connectivity index (χ0v) is 25.1. The Labute approximate surface area is 259 Å². The van der Waals surface area contributed by atoms with Gasteiger partial charge in [0.15, 0.2) is 0 Å². The summed E-state index contributed by atoms with van der Waals surface area (Å²) in [4.78, 5) is 18.3. The van der Waals surface area contributed by atoms with Gasteiger partial charge >= 0.3 is 0 Å². The molecule has 0 bridgehead atoms. The van der Waals surface area contributed by atoms with Gasteiger partial charge in [0, 0.05) is 26.7 Å². The Morgan fingerprint density at radius 1 is 0.833 bits per heavy atom. The molecule has 222 valence electrons. The zero-order valence-electron chi connectivity index (χ0n) is 22.8. The van der Waals surface area contributed by atoms with Crippen LogP contribution in [0.1, 0.15) is 73.3 Å². The standard InChI is InChI=1S/C31H32Cl3F2N5O/c32-21-10-7-19(8-11-21)27-31(13-5-3-1-2-4-6-14-31)29(41-40-27)39-30(37-24-17-22(33)16-23(35)18-24)38-28(42)20-9-12-25(34)26(36)15-20/h7-12,15-18,27,29,40-41H,1-6,13-14H2,(H2,37,38,39,42). The Kier molecular flexibility index (Phi) is 10.0. The quantitative estimate of drug-likeness (QED) is 0.172. The van der Waals surface area contributed by atoms with Crippen LogP contribution in [0.2, 0.25) is 15.1 Å². The summed E-state index contributed by atoms with van der Waals surface area (Å²) in [5, 5.41) is 6.53. The molecule has 5 rings (SSSR count). The van der Waals surface area contributed by atoms with Crippen molar-refractivity contribution in [3.05, 3.63) is 98.5 Å². The highest BCUT2D eigenvalue weighted by Gasteiger charge is 2.50. The van der Waals surface area contributed by atoms with Crippen LogP contribution in [-0.2, 0) is 0 Å². The van der Waals surface area contributed by atoms with Crippen LogP contribution in [0.25, 0.3) is 0 Å². The normalized spacial score (nSPS) is 20.9. The molecular formula is C31H32Cl3F2N5O. The van der Waals surface area contributed by atoms with Crippen molar-refractivity contribution in [2.24, 2.45) is 10.4 Å². The minimum Gasteiger partial charge on any atom is -0.326 e. The largest absolute Gasteiger partial charge is 0.326 e. The summed E-state index contributed by atoms with van der Waals surface area (Å²) < 4.78 is 28.4. The molecule has 1 saturated carbocycles. The molecule has 2 atom stereocenters. The van der Waals surface area contributed by atoms with Crippen molar-refractivity contribution in [2.45, 2.75) is 63.6 Å². The first kappa shape index (κ1) is 30.7.